The van der Waals surface area contributed by atoms with E-state index in [0.717, 1.165) is 12.1 Å². The second-order valence-electron chi connectivity index (χ2n) is 2.87. The van der Waals surface area contributed by atoms with Crippen LogP contribution in [-0.2, 0) is 13.8 Å². The van der Waals surface area contributed by atoms with E-state index in [9.17, 15) is 12.8 Å². The molecular formula is C9H10ClFO4S. The van der Waals surface area contributed by atoms with E-state index in [0.29, 0.717) is 6.61 Å². The van der Waals surface area contributed by atoms with Crippen molar-refractivity contribution in [3.63, 3.8) is 0 Å². The van der Waals surface area contributed by atoms with Crippen molar-refractivity contribution in [2.45, 2.75) is 4.90 Å². The predicted molar refractivity (Wildman–Crippen MR) is 56.8 cm³/mol. The van der Waals surface area contributed by atoms with E-state index in [2.05, 4.69) is 0 Å². The zero-order chi connectivity index (χ0) is 12.2. The molecule has 0 unspecified atom stereocenters. The van der Waals surface area contributed by atoms with E-state index >= 15 is 0 Å². The molecule has 0 aliphatic heterocycles. The Hall–Kier alpha value is -0.850. The Balaban J connectivity index is 2.99. The highest BCUT2D eigenvalue weighted by Gasteiger charge is 2.17. The highest BCUT2D eigenvalue weighted by molar-refractivity contribution is 8.13. The molecule has 0 fully saturated rings. The molecule has 0 aliphatic rings. The molecular weight excluding hydrogens is 259 g/mol. The van der Waals surface area contributed by atoms with Crippen LogP contribution in [0.4, 0.5) is 4.39 Å². The Bertz CT molecular complexity index is 461. The first kappa shape index (κ1) is 13.2. The fourth-order valence-corrected chi connectivity index (χ4v) is 2.01. The molecule has 0 bridgehead atoms. The predicted octanol–water partition coefficient (Wildman–Crippen LogP) is 1.78. The number of methoxy groups -OCH3 is 1. The van der Waals surface area contributed by atoms with Crippen molar-refractivity contribution < 1.29 is 22.3 Å². The Morgan fingerprint density at radius 3 is 2.62 bits per heavy atom. The molecule has 16 heavy (non-hydrogen) atoms. The summed E-state index contributed by atoms with van der Waals surface area (Å²) in [6, 6.07) is 3.11. The van der Waals surface area contributed by atoms with Crippen LogP contribution in [0.15, 0.2) is 23.1 Å². The molecule has 0 N–H and O–H groups in total. The summed E-state index contributed by atoms with van der Waals surface area (Å²) in [6.07, 6.45) is 0. The van der Waals surface area contributed by atoms with Gasteiger partial charge in [0.1, 0.15) is 23.1 Å². The summed E-state index contributed by atoms with van der Waals surface area (Å²) in [5.74, 6) is -0.688. The average molecular weight is 269 g/mol. The topological polar surface area (TPSA) is 52.6 Å². The van der Waals surface area contributed by atoms with Crippen LogP contribution in [0.2, 0.25) is 0 Å². The van der Waals surface area contributed by atoms with Gasteiger partial charge in [-0.2, -0.15) is 0 Å². The molecule has 0 amide bonds. The number of halogens is 2. The van der Waals surface area contributed by atoms with E-state index in [1.807, 2.05) is 0 Å². The quantitative estimate of drug-likeness (QED) is 0.603. The van der Waals surface area contributed by atoms with E-state index in [-0.39, 0.29) is 17.3 Å². The lowest BCUT2D eigenvalue weighted by molar-refractivity contribution is 0.144. The molecule has 0 aliphatic carbocycles. The zero-order valence-corrected chi connectivity index (χ0v) is 10.0. The number of hydrogen-bond donors (Lipinski definition) is 0. The minimum absolute atomic E-state index is 0.00782. The van der Waals surface area contributed by atoms with E-state index in [4.69, 9.17) is 20.2 Å². The van der Waals surface area contributed by atoms with Crippen LogP contribution in [0.1, 0.15) is 0 Å². The third-order valence-electron chi connectivity index (χ3n) is 1.71. The fourth-order valence-electron chi connectivity index (χ4n) is 1.03. The normalized spacial score (nSPS) is 11.4. The molecule has 4 nitrogen and oxygen atoms in total. The van der Waals surface area contributed by atoms with Gasteiger partial charge in [-0.05, 0) is 18.2 Å². The van der Waals surface area contributed by atoms with Crippen molar-refractivity contribution in [1.82, 2.24) is 0 Å². The Morgan fingerprint density at radius 2 is 2.06 bits per heavy atom. The summed E-state index contributed by atoms with van der Waals surface area (Å²) in [5, 5.41) is 0. The fraction of sp³-hybridized carbons (Fsp3) is 0.333. The van der Waals surface area contributed by atoms with Crippen LogP contribution >= 0.6 is 10.7 Å². The SMILES string of the molecule is COCCOc1ccc(F)cc1S(=O)(=O)Cl. The van der Waals surface area contributed by atoms with Crippen LogP contribution in [0.25, 0.3) is 0 Å². The average Bonchev–Trinajstić information content (AvgIpc) is 2.19. The van der Waals surface area contributed by atoms with Gasteiger partial charge in [0.2, 0.25) is 0 Å². The van der Waals surface area contributed by atoms with Gasteiger partial charge in [0.25, 0.3) is 9.05 Å². The molecule has 1 aromatic carbocycles. The summed E-state index contributed by atoms with van der Waals surface area (Å²) in [5.41, 5.74) is 0. The van der Waals surface area contributed by atoms with Crippen LogP contribution in [0, 0.1) is 5.82 Å². The van der Waals surface area contributed by atoms with Gasteiger partial charge < -0.3 is 9.47 Å². The molecule has 0 saturated carbocycles. The maximum absolute atomic E-state index is 12.9. The smallest absolute Gasteiger partial charge is 0.265 e. The minimum Gasteiger partial charge on any atom is -0.490 e. The van der Waals surface area contributed by atoms with Crippen LogP contribution in [0.3, 0.4) is 0 Å². The summed E-state index contributed by atoms with van der Waals surface area (Å²) in [7, 11) is 2.60. The highest BCUT2D eigenvalue weighted by Crippen LogP contribution is 2.27. The number of hydrogen-bond acceptors (Lipinski definition) is 4. The van der Waals surface area contributed by atoms with Gasteiger partial charge in [0.15, 0.2) is 0 Å². The standard InChI is InChI=1S/C9H10ClFO4S/c1-14-4-5-15-8-3-2-7(11)6-9(8)16(10,12)13/h2-3,6H,4-5H2,1H3. The minimum atomic E-state index is -4.03. The Labute approximate surface area is 97.4 Å². The summed E-state index contributed by atoms with van der Waals surface area (Å²) >= 11 is 0. The number of benzene rings is 1. The Morgan fingerprint density at radius 1 is 1.38 bits per heavy atom. The zero-order valence-electron chi connectivity index (χ0n) is 8.44. The molecule has 1 rings (SSSR count). The Kier molecular flexibility index (Phi) is 4.52. The summed E-state index contributed by atoms with van der Waals surface area (Å²) in [6.45, 7) is 0.445. The number of rotatable bonds is 5. The third-order valence-corrected chi connectivity index (χ3v) is 3.06. The van der Waals surface area contributed by atoms with Crippen LogP contribution < -0.4 is 4.74 Å². The van der Waals surface area contributed by atoms with Gasteiger partial charge >= 0.3 is 0 Å². The second kappa shape index (κ2) is 5.47. The lowest BCUT2D eigenvalue weighted by Crippen LogP contribution is -2.07. The van der Waals surface area contributed by atoms with Crippen molar-refractivity contribution in [2.24, 2.45) is 0 Å². The van der Waals surface area contributed by atoms with Gasteiger partial charge in [-0.3, -0.25) is 0 Å². The summed E-state index contributed by atoms with van der Waals surface area (Å²) < 4.78 is 44.9. The summed E-state index contributed by atoms with van der Waals surface area (Å²) in [4.78, 5) is -0.384. The van der Waals surface area contributed by atoms with E-state index in [1.165, 1.54) is 13.2 Å². The highest BCUT2D eigenvalue weighted by atomic mass is 35.7. The van der Waals surface area contributed by atoms with E-state index < -0.39 is 14.9 Å². The second-order valence-corrected chi connectivity index (χ2v) is 5.40. The monoisotopic (exact) mass is 268 g/mol. The van der Waals surface area contributed by atoms with Crippen LogP contribution in [0.5, 0.6) is 5.75 Å². The van der Waals surface area contributed by atoms with Crippen LogP contribution in [-0.4, -0.2) is 28.7 Å². The first-order valence-corrected chi connectivity index (χ1v) is 6.62. The molecule has 90 valence electrons. The van der Waals surface area contributed by atoms with Crippen molar-refractivity contribution in [1.29, 1.82) is 0 Å². The van der Waals surface area contributed by atoms with Gasteiger partial charge in [-0.15, -0.1) is 0 Å². The number of ether oxygens (including phenoxy) is 2. The molecule has 0 spiro atoms. The molecule has 0 radical (unpaired) electrons. The van der Waals surface area contributed by atoms with Gasteiger partial charge in [-0.1, -0.05) is 0 Å². The largest absolute Gasteiger partial charge is 0.490 e. The van der Waals surface area contributed by atoms with Gasteiger partial charge in [-0.25, -0.2) is 12.8 Å². The van der Waals surface area contributed by atoms with Crippen molar-refractivity contribution in [3.8, 4) is 5.75 Å². The van der Waals surface area contributed by atoms with Crippen molar-refractivity contribution in [3.05, 3.63) is 24.0 Å². The van der Waals surface area contributed by atoms with Crippen molar-refractivity contribution in [2.75, 3.05) is 20.3 Å². The van der Waals surface area contributed by atoms with Gasteiger partial charge in [0.05, 0.1) is 6.61 Å². The lowest BCUT2D eigenvalue weighted by atomic mass is 10.3. The first-order chi connectivity index (χ1) is 7.45. The van der Waals surface area contributed by atoms with Gasteiger partial charge in [0, 0.05) is 17.8 Å². The lowest BCUT2D eigenvalue weighted by Gasteiger charge is -2.08. The molecule has 0 atom stereocenters. The van der Waals surface area contributed by atoms with E-state index in [1.54, 1.807) is 0 Å². The molecule has 0 aromatic heterocycles. The molecule has 1 aromatic rings. The molecule has 0 saturated heterocycles. The first-order valence-electron chi connectivity index (χ1n) is 4.31. The maximum atomic E-state index is 12.9. The third kappa shape index (κ3) is 3.62. The van der Waals surface area contributed by atoms with Crippen molar-refractivity contribution >= 4 is 19.7 Å². The molecule has 7 heteroatoms. The molecule has 0 heterocycles. The maximum Gasteiger partial charge on any atom is 0.265 e.